The summed E-state index contributed by atoms with van der Waals surface area (Å²) in [6.07, 6.45) is 3.31. The minimum absolute atomic E-state index is 0.439. The number of benzene rings is 3. The Kier molecular flexibility index (Phi) is 6.22. The highest BCUT2D eigenvalue weighted by Gasteiger charge is 2.11. The van der Waals surface area contributed by atoms with Gasteiger partial charge in [0.25, 0.3) is 0 Å². The van der Waals surface area contributed by atoms with E-state index >= 15 is 0 Å². The lowest BCUT2D eigenvalue weighted by molar-refractivity contribution is 0.484. The standard InChI is InChI=1S/C23H22N4O2S/c1-30(28)15-17-8-7-9-18(14-17)26-23-25-16-24-22(27-23)20-12-5-6-13-21(20)29-19-10-3-2-4-11-19/h2-14,16,28,30H,15H2,1H3,(H,24,25,26,27). The van der Waals surface area contributed by atoms with E-state index in [0.717, 1.165) is 22.6 Å². The van der Waals surface area contributed by atoms with Crippen LogP contribution < -0.4 is 10.1 Å². The number of hydrogen-bond donors (Lipinski definition) is 3. The van der Waals surface area contributed by atoms with Crippen molar-refractivity contribution in [2.45, 2.75) is 5.75 Å². The Bertz CT molecular complexity index is 1120. The Morgan fingerprint density at radius 2 is 1.73 bits per heavy atom. The van der Waals surface area contributed by atoms with Crippen LogP contribution in [0, 0.1) is 0 Å². The van der Waals surface area contributed by atoms with E-state index in [-0.39, 0.29) is 0 Å². The van der Waals surface area contributed by atoms with Crippen LogP contribution in [0.25, 0.3) is 11.4 Å². The van der Waals surface area contributed by atoms with E-state index in [4.69, 9.17) is 4.74 Å². The van der Waals surface area contributed by atoms with Crippen LogP contribution in [-0.2, 0) is 5.75 Å². The molecule has 0 aliphatic carbocycles. The van der Waals surface area contributed by atoms with Gasteiger partial charge in [-0.25, -0.2) is 9.97 Å². The predicted octanol–water partition coefficient (Wildman–Crippen LogP) is 5.68. The molecule has 1 atom stereocenters. The molecular weight excluding hydrogens is 396 g/mol. The SMILES string of the molecule is C[SH](O)Cc1cccc(Nc2ncnc(-c3ccccc3Oc3ccccc3)n2)c1. The number of aromatic nitrogens is 3. The van der Waals surface area contributed by atoms with Gasteiger partial charge in [-0.15, -0.1) is 11.2 Å². The van der Waals surface area contributed by atoms with Gasteiger partial charge in [-0.1, -0.05) is 42.5 Å². The van der Waals surface area contributed by atoms with Crippen LogP contribution in [0.3, 0.4) is 0 Å². The average Bonchev–Trinajstić information content (AvgIpc) is 2.75. The third kappa shape index (κ3) is 5.14. The van der Waals surface area contributed by atoms with Crippen molar-refractivity contribution in [3.63, 3.8) is 0 Å². The summed E-state index contributed by atoms with van der Waals surface area (Å²) in [4.78, 5) is 13.2. The Labute approximate surface area is 178 Å². The Balaban J connectivity index is 1.59. The van der Waals surface area contributed by atoms with E-state index < -0.39 is 11.2 Å². The highest BCUT2D eigenvalue weighted by atomic mass is 32.2. The number of para-hydroxylation sites is 2. The predicted molar refractivity (Wildman–Crippen MR) is 123 cm³/mol. The zero-order valence-electron chi connectivity index (χ0n) is 16.4. The molecule has 0 aliphatic heterocycles. The molecule has 6 nitrogen and oxygen atoms in total. The molecule has 3 aromatic carbocycles. The highest BCUT2D eigenvalue weighted by molar-refractivity contribution is 8.10. The van der Waals surface area contributed by atoms with Crippen LogP contribution in [-0.4, -0.2) is 25.8 Å². The zero-order valence-corrected chi connectivity index (χ0v) is 17.3. The minimum Gasteiger partial charge on any atom is -0.457 e. The van der Waals surface area contributed by atoms with E-state index in [1.54, 1.807) is 0 Å². The van der Waals surface area contributed by atoms with Gasteiger partial charge in [0.05, 0.1) is 5.56 Å². The maximum Gasteiger partial charge on any atom is 0.230 e. The summed E-state index contributed by atoms with van der Waals surface area (Å²) in [5, 5.41) is 3.22. The van der Waals surface area contributed by atoms with Crippen LogP contribution in [0.5, 0.6) is 11.5 Å². The first kappa shape index (κ1) is 19.9. The minimum atomic E-state index is -0.992. The molecule has 1 aromatic heterocycles. The first-order valence-corrected chi connectivity index (χ1v) is 11.4. The highest BCUT2D eigenvalue weighted by Crippen LogP contribution is 2.31. The molecule has 0 saturated heterocycles. The van der Waals surface area contributed by atoms with Crippen molar-refractivity contribution in [3.05, 3.63) is 90.8 Å². The number of ether oxygens (including phenoxy) is 1. The third-order valence-corrected chi connectivity index (χ3v) is 5.09. The third-order valence-electron chi connectivity index (χ3n) is 4.27. The van der Waals surface area contributed by atoms with Gasteiger partial charge in [-0.2, -0.15) is 4.98 Å². The van der Waals surface area contributed by atoms with E-state index in [1.165, 1.54) is 6.33 Å². The largest absolute Gasteiger partial charge is 0.457 e. The van der Waals surface area contributed by atoms with Crippen molar-refractivity contribution in [2.24, 2.45) is 0 Å². The second-order valence-corrected chi connectivity index (χ2v) is 8.32. The summed E-state index contributed by atoms with van der Waals surface area (Å²) in [5.41, 5.74) is 2.69. The fraction of sp³-hybridized carbons (Fsp3) is 0.0870. The Morgan fingerprint density at radius 3 is 2.57 bits per heavy atom. The van der Waals surface area contributed by atoms with Gasteiger partial charge < -0.3 is 14.6 Å². The van der Waals surface area contributed by atoms with Crippen molar-refractivity contribution >= 4 is 22.8 Å². The topological polar surface area (TPSA) is 80.2 Å². The molecule has 0 radical (unpaired) electrons. The fourth-order valence-electron chi connectivity index (χ4n) is 2.98. The number of nitrogens with one attached hydrogen (secondary N) is 1. The molecule has 0 fully saturated rings. The summed E-state index contributed by atoms with van der Waals surface area (Å²) in [7, 11) is 0. The molecule has 152 valence electrons. The van der Waals surface area contributed by atoms with Crippen molar-refractivity contribution < 1.29 is 9.29 Å². The van der Waals surface area contributed by atoms with Crippen LogP contribution in [0.2, 0.25) is 0 Å². The van der Waals surface area contributed by atoms with E-state index in [1.807, 2.05) is 85.1 Å². The van der Waals surface area contributed by atoms with Crippen LogP contribution in [0.15, 0.2) is 85.2 Å². The lowest BCUT2D eigenvalue weighted by Crippen LogP contribution is -2.01. The molecule has 1 heterocycles. The zero-order chi connectivity index (χ0) is 20.8. The smallest absolute Gasteiger partial charge is 0.230 e. The molecular formula is C23H22N4O2S. The van der Waals surface area contributed by atoms with Gasteiger partial charge in [0.2, 0.25) is 5.95 Å². The van der Waals surface area contributed by atoms with Crippen molar-refractivity contribution in [2.75, 3.05) is 11.6 Å². The summed E-state index contributed by atoms with van der Waals surface area (Å²) >= 11 is -0.992. The summed E-state index contributed by atoms with van der Waals surface area (Å²) in [6.45, 7) is 0. The number of thiol groups is 1. The van der Waals surface area contributed by atoms with E-state index in [0.29, 0.717) is 23.3 Å². The fourth-order valence-corrected chi connectivity index (χ4v) is 3.71. The number of hydrogen-bond acceptors (Lipinski definition) is 6. The van der Waals surface area contributed by atoms with Gasteiger partial charge in [0.1, 0.15) is 17.8 Å². The molecule has 0 saturated carbocycles. The Morgan fingerprint density at radius 1 is 0.933 bits per heavy atom. The molecule has 4 aromatic rings. The second-order valence-electron chi connectivity index (χ2n) is 6.69. The van der Waals surface area contributed by atoms with Crippen molar-refractivity contribution in [3.8, 4) is 22.9 Å². The van der Waals surface area contributed by atoms with Crippen LogP contribution >= 0.6 is 11.2 Å². The van der Waals surface area contributed by atoms with Crippen LogP contribution in [0.4, 0.5) is 11.6 Å². The first-order valence-electron chi connectivity index (χ1n) is 9.45. The molecule has 0 amide bonds. The van der Waals surface area contributed by atoms with E-state index in [2.05, 4.69) is 20.3 Å². The van der Waals surface area contributed by atoms with Crippen molar-refractivity contribution in [1.29, 1.82) is 0 Å². The lowest BCUT2D eigenvalue weighted by Gasteiger charge is -2.12. The van der Waals surface area contributed by atoms with E-state index in [9.17, 15) is 4.55 Å². The second kappa shape index (κ2) is 9.39. The normalized spacial score (nSPS) is 12.3. The maximum atomic E-state index is 9.68. The summed E-state index contributed by atoms with van der Waals surface area (Å²) in [5.74, 6) is 3.02. The lowest BCUT2D eigenvalue weighted by atomic mass is 10.2. The van der Waals surface area contributed by atoms with Gasteiger partial charge >= 0.3 is 0 Å². The van der Waals surface area contributed by atoms with Crippen molar-refractivity contribution in [1.82, 2.24) is 15.0 Å². The molecule has 0 bridgehead atoms. The molecule has 30 heavy (non-hydrogen) atoms. The van der Waals surface area contributed by atoms with Gasteiger partial charge in [-0.3, -0.25) is 0 Å². The number of anilines is 2. The monoisotopic (exact) mass is 418 g/mol. The quantitative estimate of drug-likeness (QED) is 0.335. The van der Waals surface area contributed by atoms with Gasteiger partial charge in [0.15, 0.2) is 5.82 Å². The summed E-state index contributed by atoms with van der Waals surface area (Å²) < 4.78 is 15.7. The summed E-state index contributed by atoms with van der Waals surface area (Å²) in [6, 6.07) is 25.1. The molecule has 2 N–H and O–H groups in total. The molecule has 0 aliphatic rings. The molecule has 1 unspecified atom stereocenters. The first-order chi connectivity index (χ1) is 14.7. The molecule has 4 rings (SSSR count). The van der Waals surface area contributed by atoms with Gasteiger partial charge in [0, 0.05) is 11.4 Å². The Hall–Kier alpha value is -3.42. The van der Waals surface area contributed by atoms with Crippen LogP contribution in [0.1, 0.15) is 5.56 Å². The number of rotatable bonds is 7. The molecule has 0 spiro atoms. The average molecular weight is 419 g/mol. The van der Waals surface area contributed by atoms with Gasteiger partial charge in [-0.05, 0) is 48.2 Å². The maximum absolute atomic E-state index is 9.68. The number of nitrogens with zero attached hydrogens (tertiary/aromatic N) is 3. The molecule has 7 heteroatoms.